The Morgan fingerprint density at radius 2 is 1.85 bits per heavy atom. The summed E-state index contributed by atoms with van der Waals surface area (Å²) in [5.41, 5.74) is 0. The largest absolute Gasteiger partial charge is 0.502 e. The molecule has 0 rings (SSSR count). The summed E-state index contributed by atoms with van der Waals surface area (Å²) in [6.07, 6.45) is 6.76. The van der Waals surface area contributed by atoms with Gasteiger partial charge < -0.3 is 9.84 Å². The molecule has 3 heteroatoms. The number of ether oxygens (including phenoxy) is 1. The maximum Gasteiger partial charge on any atom is 0.303 e. The van der Waals surface area contributed by atoms with Crippen LogP contribution in [0.3, 0.4) is 0 Å². The van der Waals surface area contributed by atoms with Gasteiger partial charge in [-0.05, 0) is 12.8 Å². The fourth-order valence-electron chi connectivity index (χ4n) is 1.08. The molecular formula is C10H18O3. The van der Waals surface area contributed by atoms with Gasteiger partial charge in [0.1, 0.15) is 0 Å². The molecule has 1 N–H and O–H groups in total. The van der Waals surface area contributed by atoms with Crippen LogP contribution in [-0.2, 0) is 9.53 Å². The van der Waals surface area contributed by atoms with E-state index >= 15 is 0 Å². The van der Waals surface area contributed by atoms with Gasteiger partial charge in [0.25, 0.3) is 0 Å². The summed E-state index contributed by atoms with van der Waals surface area (Å²) in [4.78, 5) is 10.1. The monoisotopic (exact) mass is 186 g/mol. The van der Waals surface area contributed by atoms with Crippen LogP contribution in [0, 0.1) is 0 Å². The highest BCUT2D eigenvalue weighted by molar-refractivity contribution is 5.66. The van der Waals surface area contributed by atoms with Gasteiger partial charge in [-0.15, -0.1) is 0 Å². The van der Waals surface area contributed by atoms with E-state index in [0.29, 0.717) is 6.42 Å². The van der Waals surface area contributed by atoms with E-state index in [2.05, 4.69) is 6.58 Å². The second kappa shape index (κ2) is 9.10. The van der Waals surface area contributed by atoms with Gasteiger partial charge in [-0.1, -0.05) is 25.8 Å². The van der Waals surface area contributed by atoms with Crippen molar-refractivity contribution in [3.05, 3.63) is 12.8 Å². The number of hydrogen-bond donors (Lipinski definition) is 1. The van der Waals surface area contributed by atoms with Crippen LogP contribution in [-0.4, -0.2) is 17.7 Å². The molecule has 0 unspecified atom stereocenters. The van der Waals surface area contributed by atoms with E-state index in [9.17, 15) is 4.79 Å². The molecule has 0 aromatic carbocycles. The van der Waals surface area contributed by atoms with Gasteiger partial charge in [0, 0.05) is 6.42 Å². The molecule has 13 heavy (non-hydrogen) atoms. The topological polar surface area (TPSA) is 46.5 Å². The molecule has 0 bridgehead atoms. The maximum absolute atomic E-state index is 10.1. The van der Waals surface area contributed by atoms with Crippen molar-refractivity contribution in [2.45, 2.75) is 38.5 Å². The summed E-state index contributed by atoms with van der Waals surface area (Å²) in [5.74, 6) is -0.699. The molecule has 0 saturated carbocycles. The summed E-state index contributed by atoms with van der Waals surface area (Å²) >= 11 is 0. The van der Waals surface area contributed by atoms with E-state index in [4.69, 9.17) is 9.84 Å². The Kier molecular flexibility index (Phi) is 8.41. The normalized spacial score (nSPS) is 9.54. The third-order valence-corrected chi connectivity index (χ3v) is 1.77. The highest BCUT2D eigenvalue weighted by Gasteiger charge is 1.95. The van der Waals surface area contributed by atoms with Gasteiger partial charge in [-0.2, -0.15) is 0 Å². The van der Waals surface area contributed by atoms with Crippen molar-refractivity contribution in [1.82, 2.24) is 0 Å². The predicted molar refractivity (Wildman–Crippen MR) is 51.5 cm³/mol. The van der Waals surface area contributed by atoms with Crippen LogP contribution in [0.15, 0.2) is 12.8 Å². The summed E-state index contributed by atoms with van der Waals surface area (Å²) in [5, 5.41) is 8.36. The van der Waals surface area contributed by atoms with Crippen LogP contribution in [0.25, 0.3) is 0 Å². The molecule has 0 atom stereocenters. The first kappa shape index (κ1) is 12.0. The summed E-state index contributed by atoms with van der Waals surface area (Å²) < 4.78 is 4.95. The van der Waals surface area contributed by atoms with E-state index in [0.717, 1.165) is 38.7 Å². The molecule has 0 radical (unpaired) electrons. The van der Waals surface area contributed by atoms with E-state index in [1.807, 2.05) is 0 Å². The molecule has 76 valence electrons. The minimum Gasteiger partial charge on any atom is -0.502 e. The van der Waals surface area contributed by atoms with Crippen LogP contribution < -0.4 is 0 Å². The van der Waals surface area contributed by atoms with Crippen LogP contribution in [0.1, 0.15) is 38.5 Å². The molecule has 0 aromatic rings. The lowest BCUT2D eigenvalue weighted by Gasteiger charge is -2.00. The number of aliphatic carboxylic acids is 1. The van der Waals surface area contributed by atoms with Crippen molar-refractivity contribution in [2.24, 2.45) is 0 Å². The van der Waals surface area contributed by atoms with Gasteiger partial charge in [0.2, 0.25) is 0 Å². The van der Waals surface area contributed by atoms with Crippen molar-refractivity contribution in [2.75, 3.05) is 6.61 Å². The highest BCUT2D eigenvalue weighted by Crippen LogP contribution is 2.05. The first-order valence-corrected chi connectivity index (χ1v) is 4.71. The van der Waals surface area contributed by atoms with Crippen LogP contribution >= 0.6 is 0 Å². The minimum absolute atomic E-state index is 0.295. The lowest BCUT2D eigenvalue weighted by molar-refractivity contribution is -0.137. The lowest BCUT2D eigenvalue weighted by Crippen LogP contribution is -1.94. The van der Waals surface area contributed by atoms with Crippen molar-refractivity contribution in [3.63, 3.8) is 0 Å². The number of hydrogen-bond acceptors (Lipinski definition) is 2. The molecule has 0 heterocycles. The molecule has 0 aromatic heterocycles. The number of rotatable bonds is 9. The molecule has 3 nitrogen and oxygen atoms in total. The zero-order chi connectivity index (χ0) is 9.94. The maximum atomic E-state index is 10.1. The average molecular weight is 186 g/mol. The molecule has 0 aliphatic carbocycles. The van der Waals surface area contributed by atoms with Crippen LogP contribution in [0.2, 0.25) is 0 Å². The van der Waals surface area contributed by atoms with E-state index in [-0.39, 0.29) is 0 Å². The van der Waals surface area contributed by atoms with Crippen molar-refractivity contribution in [1.29, 1.82) is 0 Å². The summed E-state index contributed by atoms with van der Waals surface area (Å²) in [6, 6.07) is 0. The SMILES string of the molecule is C=COCCCCCCCC(=O)O. The fraction of sp³-hybridized carbons (Fsp3) is 0.700. The van der Waals surface area contributed by atoms with E-state index in [1.165, 1.54) is 6.26 Å². The zero-order valence-electron chi connectivity index (χ0n) is 8.00. The van der Waals surface area contributed by atoms with Gasteiger partial charge in [-0.3, -0.25) is 4.79 Å². The summed E-state index contributed by atoms with van der Waals surface area (Å²) in [6.45, 7) is 4.16. The van der Waals surface area contributed by atoms with Crippen molar-refractivity contribution in [3.8, 4) is 0 Å². The van der Waals surface area contributed by atoms with E-state index < -0.39 is 5.97 Å². The third kappa shape index (κ3) is 11.0. The van der Waals surface area contributed by atoms with E-state index in [1.54, 1.807) is 0 Å². The molecule has 0 aliphatic rings. The smallest absolute Gasteiger partial charge is 0.303 e. The number of unbranched alkanes of at least 4 members (excludes halogenated alkanes) is 4. The quantitative estimate of drug-likeness (QED) is 0.444. The van der Waals surface area contributed by atoms with Gasteiger partial charge in [0.05, 0.1) is 12.9 Å². The minimum atomic E-state index is -0.699. The number of carbonyl (C=O) groups is 1. The zero-order valence-corrected chi connectivity index (χ0v) is 8.00. The molecule has 0 spiro atoms. The Bertz CT molecular complexity index is 143. The number of carboxylic acid groups (broad SMARTS) is 1. The standard InChI is InChI=1S/C10H18O3/c1-2-13-9-7-5-3-4-6-8-10(11)12/h2H,1,3-9H2,(H,11,12). The summed E-state index contributed by atoms with van der Waals surface area (Å²) in [7, 11) is 0. The highest BCUT2D eigenvalue weighted by atomic mass is 16.5. The molecule has 0 aliphatic heterocycles. The third-order valence-electron chi connectivity index (χ3n) is 1.77. The molecular weight excluding hydrogens is 168 g/mol. The van der Waals surface area contributed by atoms with Crippen LogP contribution in [0.4, 0.5) is 0 Å². The first-order chi connectivity index (χ1) is 6.27. The Hall–Kier alpha value is -0.990. The molecule has 0 amide bonds. The Morgan fingerprint density at radius 3 is 2.46 bits per heavy atom. The molecule has 0 saturated heterocycles. The van der Waals surface area contributed by atoms with Gasteiger partial charge in [0.15, 0.2) is 0 Å². The second-order valence-corrected chi connectivity index (χ2v) is 2.95. The van der Waals surface area contributed by atoms with Gasteiger partial charge >= 0.3 is 5.97 Å². The Labute approximate surface area is 79.4 Å². The fourth-order valence-corrected chi connectivity index (χ4v) is 1.08. The Balaban J connectivity index is 2.91. The molecule has 0 fully saturated rings. The second-order valence-electron chi connectivity index (χ2n) is 2.95. The predicted octanol–water partition coefficient (Wildman–Crippen LogP) is 2.57. The first-order valence-electron chi connectivity index (χ1n) is 4.71. The number of carboxylic acids is 1. The average Bonchev–Trinajstić information content (AvgIpc) is 2.09. The lowest BCUT2D eigenvalue weighted by atomic mass is 10.1. The van der Waals surface area contributed by atoms with Gasteiger partial charge in [-0.25, -0.2) is 0 Å². The van der Waals surface area contributed by atoms with Crippen molar-refractivity contribution >= 4 is 5.97 Å². The van der Waals surface area contributed by atoms with Crippen LogP contribution in [0.5, 0.6) is 0 Å². The van der Waals surface area contributed by atoms with Crippen molar-refractivity contribution < 1.29 is 14.6 Å². The Morgan fingerprint density at radius 1 is 1.23 bits per heavy atom.